The zero-order valence-corrected chi connectivity index (χ0v) is 19.8. The van der Waals surface area contributed by atoms with Crippen LogP contribution >= 0.6 is 0 Å². The summed E-state index contributed by atoms with van der Waals surface area (Å²) >= 11 is 0. The van der Waals surface area contributed by atoms with Gasteiger partial charge in [-0.1, -0.05) is 56.3 Å². The van der Waals surface area contributed by atoms with Crippen LogP contribution < -0.4 is 4.74 Å². The lowest BCUT2D eigenvalue weighted by atomic mass is 9.99. The Morgan fingerprint density at radius 1 is 1.30 bits per heavy atom. The van der Waals surface area contributed by atoms with Gasteiger partial charge in [-0.3, -0.25) is 9.59 Å². The van der Waals surface area contributed by atoms with E-state index < -0.39 is 0 Å². The third kappa shape index (κ3) is 5.99. The predicted molar refractivity (Wildman–Crippen MR) is 129 cm³/mol. The van der Waals surface area contributed by atoms with Crippen LogP contribution in [-0.4, -0.2) is 70.6 Å². The number of pyridine rings is 1. The number of benzene rings is 1. The van der Waals surface area contributed by atoms with Crippen LogP contribution in [0.3, 0.4) is 0 Å². The SMILES string of the molecule is CCC(=O)N(C)C[C@@H]1Oc2ncc(/C=C/c3ccccc3)cc2C(=O)N([C@H](C)CO)C[C@H]1C. The number of carbonyl (C=O) groups excluding carboxylic acids is 2. The van der Waals surface area contributed by atoms with Crippen LogP contribution in [0.2, 0.25) is 0 Å². The first-order chi connectivity index (χ1) is 15.8. The molecule has 7 nitrogen and oxygen atoms in total. The number of hydrogen-bond acceptors (Lipinski definition) is 5. The van der Waals surface area contributed by atoms with E-state index in [0.29, 0.717) is 25.1 Å². The third-order valence-electron chi connectivity index (χ3n) is 5.99. The Bertz CT molecular complexity index is 992. The number of aromatic nitrogens is 1. The smallest absolute Gasteiger partial charge is 0.259 e. The number of aliphatic hydroxyl groups is 1. The average molecular weight is 452 g/mol. The number of hydrogen-bond donors (Lipinski definition) is 1. The van der Waals surface area contributed by atoms with Crippen LogP contribution in [0.25, 0.3) is 12.2 Å². The van der Waals surface area contributed by atoms with E-state index >= 15 is 0 Å². The highest BCUT2D eigenvalue weighted by Crippen LogP contribution is 2.28. The summed E-state index contributed by atoms with van der Waals surface area (Å²) in [6.45, 7) is 6.28. The number of amides is 2. The number of carbonyl (C=O) groups is 2. The molecule has 0 saturated heterocycles. The van der Waals surface area contributed by atoms with Gasteiger partial charge in [-0.05, 0) is 24.1 Å². The summed E-state index contributed by atoms with van der Waals surface area (Å²) in [4.78, 5) is 33.4. The molecule has 0 spiro atoms. The van der Waals surface area contributed by atoms with Gasteiger partial charge >= 0.3 is 0 Å². The summed E-state index contributed by atoms with van der Waals surface area (Å²) in [5, 5.41) is 9.78. The van der Waals surface area contributed by atoms with Crippen LogP contribution in [0.5, 0.6) is 5.88 Å². The highest BCUT2D eigenvalue weighted by molar-refractivity contribution is 5.97. The Labute approximate surface area is 195 Å². The van der Waals surface area contributed by atoms with Crippen molar-refractivity contribution in [3.8, 4) is 5.88 Å². The fraction of sp³-hybridized carbons (Fsp3) is 0.423. The van der Waals surface area contributed by atoms with E-state index in [2.05, 4.69) is 4.98 Å². The molecule has 0 bridgehead atoms. The molecule has 0 aliphatic carbocycles. The summed E-state index contributed by atoms with van der Waals surface area (Å²) < 4.78 is 6.23. The van der Waals surface area contributed by atoms with Crippen LogP contribution in [0.4, 0.5) is 0 Å². The number of likely N-dealkylation sites (N-methyl/N-ethyl adjacent to an activating group) is 1. The second-order valence-corrected chi connectivity index (χ2v) is 8.62. The zero-order chi connectivity index (χ0) is 24.0. The highest BCUT2D eigenvalue weighted by atomic mass is 16.5. The molecule has 1 aromatic heterocycles. The van der Waals surface area contributed by atoms with Crippen molar-refractivity contribution >= 4 is 24.0 Å². The summed E-state index contributed by atoms with van der Waals surface area (Å²) in [5.74, 6) is -0.0139. The lowest BCUT2D eigenvalue weighted by Gasteiger charge is -2.37. The standard InChI is InChI=1S/C26H33N3O4/c1-5-24(31)28(4)16-23-18(2)15-29(19(3)17-30)26(32)22-13-21(14-27-25(22)33-23)12-11-20-9-7-6-8-10-20/h6-14,18-19,23,30H,5,15-17H2,1-4H3/b12-11+/t18-,19-,23+/m1/s1. The Kier molecular flexibility index (Phi) is 8.22. The molecule has 7 heteroatoms. The highest BCUT2D eigenvalue weighted by Gasteiger charge is 2.34. The number of aliphatic hydroxyl groups excluding tert-OH is 1. The summed E-state index contributed by atoms with van der Waals surface area (Å²) in [5.41, 5.74) is 2.17. The number of fused-ring (bicyclic) bond motifs is 1. The maximum atomic E-state index is 13.5. The van der Waals surface area contributed by atoms with Crippen LogP contribution in [-0.2, 0) is 4.79 Å². The number of ether oxygens (including phenoxy) is 1. The van der Waals surface area contributed by atoms with Gasteiger partial charge in [-0.25, -0.2) is 4.98 Å². The summed E-state index contributed by atoms with van der Waals surface area (Å²) in [6.07, 6.45) is 5.61. The third-order valence-corrected chi connectivity index (χ3v) is 5.99. The van der Waals surface area contributed by atoms with E-state index in [0.717, 1.165) is 11.1 Å². The van der Waals surface area contributed by atoms with Crippen molar-refractivity contribution in [3.63, 3.8) is 0 Å². The van der Waals surface area contributed by atoms with Gasteiger partial charge in [0.1, 0.15) is 11.7 Å². The molecule has 3 atom stereocenters. The topological polar surface area (TPSA) is 83.0 Å². The molecular formula is C26H33N3O4. The van der Waals surface area contributed by atoms with E-state index in [9.17, 15) is 14.7 Å². The molecule has 1 aliphatic heterocycles. The first-order valence-corrected chi connectivity index (χ1v) is 11.4. The average Bonchev–Trinajstić information content (AvgIpc) is 2.84. The largest absolute Gasteiger partial charge is 0.472 e. The minimum absolute atomic E-state index is 0.0269. The zero-order valence-electron chi connectivity index (χ0n) is 19.8. The fourth-order valence-electron chi connectivity index (χ4n) is 3.83. The monoisotopic (exact) mass is 451 g/mol. The Morgan fingerprint density at radius 3 is 2.67 bits per heavy atom. The Morgan fingerprint density at radius 2 is 2.00 bits per heavy atom. The van der Waals surface area contributed by atoms with Gasteiger partial charge in [0, 0.05) is 32.1 Å². The maximum absolute atomic E-state index is 13.5. The molecule has 0 saturated carbocycles. The fourth-order valence-corrected chi connectivity index (χ4v) is 3.83. The molecule has 33 heavy (non-hydrogen) atoms. The number of nitrogens with zero attached hydrogens (tertiary/aromatic N) is 3. The van der Waals surface area contributed by atoms with E-state index in [1.807, 2.05) is 63.3 Å². The molecule has 3 rings (SSSR count). The molecule has 1 aromatic carbocycles. The van der Waals surface area contributed by atoms with Gasteiger partial charge in [-0.2, -0.15) is 0 Å². The Hall–Kier alpha value is -3.19. The molecule has 2 aromatic rings. The van der Waals surface area contributed by atoms with Crippen LogP contribution in [0.15, 0.2) is 42.6 Å². The second kappa shape index (κ2) is 11.1. The van der Waals surface area contributed by atoms with Crippen LogP contribution in [0.1, 0.15) is 48.7 Å². The van der Waals surface area contributed by atoms with E-state index in [1.165, 1.54) is 0 Å². The molecule has 2 amide bonds. The molecule has 2 heterocycles. The quantitative estimate of drug-likeness (QED) is 0.698. The summed E-state index contributed by atoms with van der Waals surface area (Å²) in [7, 11) is 1.76. The van der Waals surface area contributed by atoms with Crippen molar-refractivity contribution in [1.29, 1.82) is 0 Å². The molecule has 176 valence electrons. The van der Waals surface area contributed by atoms with Crippen molar-refractivity contribution in [2.75, 3.05) is 26.7 Å². The van der Waals surface area contributed by atoms with Crippen molar-refractivity contribution in [1.82, 2.24) is 14.8 Å². The van der Waals surface area contributed by atoms with Crippen LogP contribution in [0, 0.1) is 5.92 Å². The normalized spacial score (nSPS) is 19.4. The van der Waals surface area contributed by atoms with Crippen molar-refractivity contribution in [2.24, 2.45) is 5.92 Å². The van der Waals surface area contributed by atoms with Gasteiger partial charge in [0.2, 0.25) is 11.8 Å². The van der Waals surface area contributed by atoms with Crippen molar-refractivity contribution < 1.29 is 19.4 Å². The van der Waals surface area contributed by atoms with Gasteiger partial charge in [0.15, 0.2) is 0 Å². The Balaban J connectivity index is 1.96. The van der Waals surface area contributed by atoms with Gasteiger partial charge < -0.3 is 19.6 Å². The van der Waals surface area contributed by atoms with Gasteiger partial charge in [0.25, 0.3) is 5.91 Å². The maximum Gasteiger partial charge on any atom is 0.259 e. The minimum atomic E-state index is -0.356. The van der Waals surface area contributed by atoms with E-state index in [-0.39, 0.29) is 42.4 Å². The van der Waals surface area contributed by atoms with Crippen molar-refractivity contribution in [2.45, 2.75) is 39.3 Å². The van der Waals surface area contributed by atoms with E-state index in [1.54, 1.807) is 29.1 Å². The molecule has 1 aliphatic rings. The predicted octanol–water partition coefficient (Wildman–Crippen LogP) is 3.34. The lowest BCUT2D eigenvalue weighted by Crippen LogP contribution is -2.50. The van der Waals surface area contributed by atoms with Gasteiger partial charge in [0.05, 0.1) is 19.2 Å². The molecule has 0 radical (unpaired) electrons. The summed E-state index contributed by atoms with van der Waals surface area (Å²) in [6, 6.07) is 11.3. The van der Waals surface area contributed by atoms with E-state index in [4.69, 9.17) is 4.74 Å². The molecule has 0 unspecified atom stereocenters. The van der Waals surface area contributed by atoms with Crippen molar-refractivity contribution in [3.05, 3.63) is 59.3 Å². The lowest BCUT2D eigenvalue weighted by molar-refractivity contribution is -0.131. The molecule has 0 fully saturated rings. The minimum Gasteiger partial charge on any atom is -0.472 e. The molecule has 1 N–H and O–H groups in total. The second-order valence-electron chi connectivity index (χ2n) is 8.62. The van der Waals surface area contributed by atoms with Gasteiger partial charge in [-0.15, -0.1) is 0 Å². The first-order valence-electron chi connectivity index (χ1n) is 11.4. The molecular weight excluding hydrogens is 418 g/mol. The number of rotatable bonds is 7. The first kappa shape index (κ1) is 24.5.